The lowest BCUT2D eigenvalue weighted by Crippen LogP contribution is -2.28. The predicted molar refractivity (Wildman–Crippen MR) is 116 cm³/mol. The van der Waals surface area contributed by atoms with Gasteiger partial charge < -0.3 is 19.8 Å². The number of ether oxygens (including phenoxy) is 1. The van der Waals surface area contributed by atoms with Crippen molar-refractivity contribution in [3.8, 4) is 5.75 Å². The standard InChI is InChI=1S/C24H33NO4/c1-29-23-15-11-20(12-16-23)10-13-21(26)8-4-2-3-5-9-22(27)14-17-24(28)25-18-6-7-19-25/h2-5,8-9,11-12,15-16,21-22,26-27H,6-7,10,13-14,17-19H2,1H3/b3-2-,8-4+,9-5+. The molecule has 1 aliphatic rings. The van der Waals surface area contributed by atoms with Crippen molar-refractivity contribution in [3.05, 3.63) is 66.3 Å². The molecule has 1 fully saturated rings. The number of hydrogen-bond donors (Lipinski definition) is 2. The van der Waals surface area contributed by atoms with Gasteiger partial charge in [0.1, 0.15) is 5.75 Å². The number of carbonyl (C=O) groups is 1. The zero-order chi connectivity index (χ0) is 20.9. The van der Waals surface area contributed by atoms with Crippen LogP contribution in [0.2, 0.25) is 0 Å². The van der Waals surface area contributed by atoms with Crippen molar-refractivity contribution < 1.29 is 19.7 Å². The van der Waals surface area contributed by atoms with Crippen LogP contribution in [-0.2, 0) is 11.2 Å². The molecule has 1 saturated heterocycles. The summed E-state index contributed by atoms with van der Waals surface area (Å²) in [5.41, 5.74) is 1.16. The number of aliphatic hydroxyl groups is 2. The first-order chi connectivity index (χ1) is 14.1. The Balaban J connectivity index is 1.60. The van der Waals surface area contributed by atoms with Gasteiger partial charge in [0.15, 0.2) is 0 Å². The maximum absolute atomic E-state index is 11.9. The van der Waals surface area contributed by atoms with Gasteiger partial charge in [0.25, 0.3) is 0 Å². The molecule has 0 radical (unpaired) electrons. The minimum absolute atomic E-state index is 0.136. The van der Waals surface area contributed by atoms with Crippen LogP contribution in [0.3, 0.4) is 0 Å². The number of rotatable bonds is 11. The minimum atomic E-state index is -0.620. The first-order valence-electron chi connectivity index (χ1n) is 10.4. The van der Waals surface area contributed by atoms with Crippen LogP contribution >= 0.6 is 0 Å². The summed E-state index contributed by atoms with van der Waals surface area (Å²) >= 11 is 0. The van der Waals surface area contributed by atoms with Gasteiger partial charge in [-0.2, -0.15) is 0 Å². The maximum Gasteiger partial charge on any atom is 0.222 e. The zero-order valence-corrected chi connectivity index (χ0v) is 17.2. The highest BCUT2D eigenvalue weighted by Crippen LogP contribution is 2.14. The van der Waals surface area contributed by atoms with E-state index in [4.69, 9.17) is 4.74 Å². The second-order valence-electron chi connectivity index (χ2n) is 7.30. The lowest BCUT2D eigenvalue weighted by atomic mass is 10.1. The monoisotopic (exact) mass is 399 g/mol. The minimum Gasteiger partial charge on any atom is -0.497 e. The second-order valence-corrected chi connectivity index (χ2v) is 7.30. The van der Waals surface area contributed by atoms with E-state index >= 15 is 0 Å². The summed E-state index contributed by atoms with van der Waals surface area (Å²) < 4.78 is 5.13. The van der Waals surface area contributed by atoms with Gasteiger partial charge in [0.05, 0.1) is 19.3 Å². The van der Waals surface area contributed by atoms with E-state index in [0.29, 0.717) is 19.3 Å². The Morgan fingerprint density at radius 2 is 1.59 bits per heavy atom. The fourth-order valence-electron chi connectivity index (χ4n) is 3.21. The third-order valence-electron chi connectivity index (χ3n) is 5.00. The highest BCUT2D eigenvalue weighted by Gasteiger charge is 2.17. The third kappa shape index (κ3) is 9.11. The number of amides is 1. The number of nitrogens with zero attached hydrogens (tertiary/aromatic N) is 1. The molecular weight excluding hydrogens is 366 g/mol. The molecule has 1 heterocycles. The molecule has 0 aromatic heterocycles. The summed E-state index contributed by atoms with van der Waals surface area (Å²) in [6.45, 7) is 1.71. The molecule has 0 saturated carbocycles. The highest BCUT2D eigenvalue weighted by atomic mass is 16.5. The molecule has 1 aromatic carbocycles. The number of benzene rings is 1. The molecule has 1 aliphatic heterocycles. The lowest BCUT2D eigenvalue weighted by molar-refractivity contribution is -0.130. The van der Waals surface area contributed by atoms with Gasteiger partial charge in [-0.15, -0.1) is 0 Å². The summed E-state index contributed by atoms with van der Waals surface area (Å²) in [6.07, 6.45) is 13.9. The van der Waals surface area contributed by atoms with Gasteiger partial charge in [0, 0.05) is 19.5 Å². The molecule has 0 bridgehead atoms. The van der Waals surface area contributed by atoms with Crippen molar-refractivity contribution in [3.63, 3.8) is 0 Å². The van der Waals surface area contributed by atoms with Crippen LogP contribution in [0.4, 0.5) is 0 Å². The smallest absolute Gasteiger partial charge is 0.222 e. The summed E-state index contributed by atoms with van der Waals surface area (Å²) in [6, 6.07) is 7.85. The van der Waals surface area contributed by atoms with Crippen molar-refractivity contribution in [1.82, 2.24) is 4.90 Å². The number of hydrogen-bond acceptors (Lipinski definition) is 4. The average molecular weight is 400 g/mol. The van der Waals surface area contributed by atoms with E-state index in [0.717, 1.165) is 43.7 Å². The van der Waals surface area contributed by atoms with Gasteiger partial charge in [-0.25, -0.2) is 0 Å². The molecule has 0 spiro atoms. The van der Waals surface area contributed by atoms with Crippen LogP contribution in [0, 0.1) is 0 Å². The molecule has 29 heavy (non-hydrogen) atoms. The highest BCUT2D eigenvalue weighted by molar-refractivity contribution is 5.76. The third-order valence-corrected chi connectivity index (χ3v) is 5.00. The Morgan fingerprint density at radius 1 is 1.00 bits per heavy atom. The molecule has 1 amide bonds. The fourth-order valence-corrected chi connectivity index (χ4v) is 3.21. The molecule has 1 aromatic rings. The average Bonchev–Trinajstić information content (AvgIpc) is 3.28. The summed E-state index contributed by atoms with van der Waals surface area (Å²) in [5.74, 6) is 0.966. The van der Waals surface area contributed by atoms with Crippen LogP contribution in [0.15, 0.2) is 60.7 Å². The van der Waals surface area contributed by atoms with E-state index in [-0.39, 0.29) is 5.91 Å². The Kier molecular flexibility index (Phi) is 10.2. The van der Waals surface area contributed by atoms with E-state index in [1.807, 2.05) is 35.2 Å². The van der Waals surface area contributed by atoms with Crippen molar-refractivity contribution >= 4 is 5.91 Å². The van der Waals surface area contributed by atoms with Crippen LogP contribution in [0.1, 0.15) is 37.7 Å². The van der Waals surface area contributed by atoms with Gasteiger partial charge in [0.2, 0.25) is 5.91 Å². The first-order valence-corrected chi connectivity index (χ1v) is 10.4. The largest absolute Gasteiger partial charge is 0.497 e. The summed E-state index contributed by atoms with van der Waals surface area (Å²) in [5, 5.41) is 20.0. The number of aliphatic hydroxyl groups excluding tert-OH is 2. The van der Waals surface area contributed by atoms with Crippen molar-refractivity contribution in [2.24, 2.45) is 0 Å². The van der Waals surface area contributed by atoms with Crippen LogP contribution in [0.5, 0.6) is 5.75 Å². The van der Waals surface area contributed by atoms with Gasteiger partial charge in [-0.3, -0.25) is 4.79 Å². The topological polar surface area (TPSA) is 70.0 Å². The Hall–Kier alpha value is -2.37. The number of allylic oxidation sites excluding steroid dienone is 4. The molecule has 2 unspecified atom stereocenters. The normalized spacial score (nSPS) is 16.9. The summed E-state index contributed by atoms with van der Waals surface area (Å²) in [7, 11) is 1.64. The van der Waals surface area contributed by atoms with Crippen molar-refractivity contribution in [1.29, 1.82) is 0 Å². The van der Waals surface area contributed by atoms with E-state index in [1.54, 1.807) is 37.5 Å². The van der Waals surface area contributed by atoms with E-state index in [1.165, 1.54) is 0 Å². The number of likely N-dealkylation sites (tertiary alicyclic amines) is 1. The van der Waals surface area contributed by atoms with Gasteiger partial charge in [-0.05, 0) is 49.8 Å². The van der Waals surface area contributed by atoms with E-state index < -0.39 is 12.2 Å². The molecule has 0 aliphatic carbocycles. The van der Waals surface area contributed by atoms with Crippen LogP contribution in [0.25, 0.3) is 0 Å². The lowest BCUT2D eigenvalue weighted by Gasteiger charge is -2.15. The molecule has 5 heteroatoms. The Labute approximate surface area is 174 Å². The second kappa shape index (κ2) is 13.0. The molecule has 2 N–H and O–H groups in total. The Bertz CT molecular complexity index is 687. The Morgan fingerprint density at radius 3 is 2.17 bits per heavy atom. The van der Waals surface area contributed by atoms with Gasteiger partial charge in [-0.1, -0.05) is 48.6 Å². The zero-order valence-electron chi connectivity index (χ0n) is 17.2. The summed E-state index contributed by atoms with van der Waals surface area (Å²) in [4.78, 5) is 13.8. The molecule has 2 rings (SSSR count). The SMILES string of the molecule is COc1ccc(CCC(O)/C=C/C=C\C=C\C(O)CCC(=O)N2CCCC2)cc1. The van der Waals surface area contributed by atoms with Gasteiger partial charge >= 0.3 is 0 Å². The van der Waals surface area contributed by atoms with Crippen molar-refractivity contribution in [2.75, 3.05) is 20.2 Å². The van der Waals surface area contributed by atoms with Crippen LogP contribution in [-0.4, -0.2) is 53.4 Å². The first kappa shape index (κ1) is 22.9. The maximum atomic E-state index is 11.9. The molecule has 5 nitrogen and oxygen atoms in total. The van der Waals surface area contributed by atoms with E-state index in [9.17, 15) is 15.0 Å². The fraction of sp³-hybridized carbons (Fsp3) is 0.458. The molecule has 2 atom stereocenters. The van der Waals surface area contributed by atoms with E-state index in [2.05, 4.69) is 0 Å². The molecular formula is C24H33NO4. The number of carbonyl (C=O) groups excluding carboxylic acids is 1. The predicted octanol–water partition coefficient (Wildman–Crippen LogP) is 3.42. The quantitative estimate of drug-likeness (QED) is 0.560. The number of aryl methyl sites for hydroxylation is 1. The molecule has 158 valence electrons. The number of methoxy groups -OCH3 is 1. The van der Waals surface area contributed by atoms with Crippen molar-refractivity contribution in [2.45, 2.75) is 50.7 Å². The van der Waals surface area contributed by atoms with Crippen LogP contribution < -0.4 is 4.74 Å².